The van der Waals surface area contributed by atoms with E-state index in [0.717, 1.165) is 44.9 Å². The summed E-state index contributed by atoms with van der Waals surface area (Å²) >= 11 is 0. The Morgan fingerprint density at radius 3 is 1.66 bits per heavy atom. The molecule has 2 aliphatic heterocycles. The quantitative estimate of drug-likeness (QED) is 0.108. The molecule has 2 heterocycles. The van der Waals surface area contributed by atoms with Gasteiger partial charge in [0.05, 0.1) is 0 Å². The number of hydrogen-bond donors (Lipinski definition) is 1. The van der Waals surface area contributed by atoms with Crippen LogP contribution in [0, 0.1) is 6.92 Å². The summed E-state index contributed by atoms with van der Waals surface area (Å²) in [6, 6.07) is 39.5. The predicted octanol–water partition coefficient (Wildman–Crippen LogP) is 11.0. The maximum absolute atomic E-state index is 11.0. The molecule has 2 aliphatic rings. The molecular weight excluding hydrogens is 647 g/mol. The van der Waals surface area contributed by atoms with Crippen molar-refractivity contribution in [2.24, 2.45) is 0 Å². The van der Waals surface area contributed by atoms with E-state index in [1.54, 1.807) is 0 Å². The molecule has 0 bridgehead atoms. The Hall–Kier alpha value is -4.77. The average molecular weight is 703 g/mol. The first kappa shape index (κ1) is 36.6. The molecule has 272 valence electrons. The zero-order valence-corrected chi connectivity index (χ0v) is 32.8. The number of carbonyl (C=O) groups is 1. The monoisotopic (exact) mass is 702 g/mol. The zero-order chi connectivity index (χ0) is 37.5. The van der Waals surface area contributed by atoms with Gasteiger partial charge in [0.1, 0.15) is 0 Å². The van der Waals surface area contributed by atoms with Gasteiger partial charge in [0.2, 0.25) is 0 Å². The van der Waals surface area contributed by atoms with E-state index < -0.39 is 5.97 Å². The highest BCUT2D eigenvalue weighted by Crippen LogP contribution is 2.45. The first-order valence-electron chi connectivity index (χ1n) is 19.7. The van der Waals surface area contributed by atoms with Crippen molar-refractivity contribution in [3.8, 4) is 0 Å². The molecule has 4 nitrogen and oxygen atoms in total. The molecule has 53 heavy (non-hydrogen) atoms. The molecule has 0 radical (unpaired) electrons. The van der Waals surface area contributed by atoms with Gasteiger partial charge < -0.3 is 14.9 Å². The van der Waals surface area contributed by atoms with Crippen LogP contribution in [0.1, 0.15) is 109 Å². The summed E-state index contributed by atoms with van der Waals surface area (Å²) in [5, 5.41) is 9.01. The van der Waals surface area contributed by atoms with Crippen LogP contribution in [0.15, 0.2) is 103 Å². The molecule has 0 saturated carbocycles. The van der Waals surface area contributed by atoms with Crippen molar-refractivity contribution < 1.29 is 9.90 Å². The summed E-state index contributed by atoms with van der Waals surface area (Å²) in [5.74, 6) is -0.692. The largest absolute Gasteiger partial charge is 0.481 e. The summed E-state index contributed by atoms with van der Waals surface area (Å²) in [4.78, 5) is 16.0. The number of aliphatic carboxylic acids is 1. The SMILES string of the molecule is Cc1ccc2c(c1)N(c1ccc(C(C)(C)C)cc1)c1cc(CCCCCCCCC(=O)O)cc3c1B2c1ccccc1N3c1ccc(C(C)(C)C)cc1. The maximum Gasteiger partial charge on any atom is 0.303 e. The Morgan fingerprint density at radius 1 is 0.585 bits per heavy atom. The maximum atomic E-state index is 11.0. The summed E-state index contributed by atoms with van der Waals surface area (Å²) < 4.78 is 0. The smallest absolute Gasteiger partial charge is 0.303 e. The van der Waals surface area contributed by atoms with Gasteiger partial charge in [0, 0.05) is 40.5 Å². The van der Waals surface area contributed by atoms with Crippen molar-refractivity contribution in [1.82, 2.24) is 0 Å². The third-order valence-corrected chi connectivity index (χ3v) is 11.3. The number of rotatable bonds is 11. The number of para-hydroxylation sites is 1. The third-order valence-electron chi connectivity index (χ3n) is 11.3. The van der Waals surface area contributed by atoms with Crippen LogP contribution in [0.4, 0.5) is 34.1 Å². The van der Waals surface area contributed by atoms with Crippen LogP contribution in [0.2, 0.25) is 0 Å². The molecule has 0 saturated heterocycles. The van der Waals surface area contributed by atoms with Crippen LogP contribution >= 0.6 is 0 Å². The van der Waals surface area contributed by atoms with Gasteiger partial charge in [0.25, 0.3) is 6.71 Å². The minimum atomic E-state index is -0.692. The second-order valence-corrected chi connectivity index (χ2v) is 17.4. The Kier molecular flexibility index (Phi) is 10.1. The number of fused-ring (bicyclic) bond motifs is 4. The van der Waals surface area contributed by atoms with Crippen molar-refractivity contribution in [2.45, 2.75) is 111 Å². The van der Waals surface area contributed by atoms with Crippen LogP contribution in [-0.2, 0) is 22.0 Å². The molecule has 0 atom stereocenters. The number of nitrogens with zero attached hydrogens (tertiary/aromatic N) is 2. The predicted molar refractivity (Wildman–Crippen MR) is 226 cm³/mol. The second kappa shape index (κ2) is 14.6. The molecule has 0 unspecified atom stereocenters. The number of unbranched alkanes of at least 4 members (excludes halogenated alkanes) is 5. The topological polar surface area (TPSA) is 43.8 Å². The highest BCUT2D eigenvalue weighted by molar-refractivity contribution is 7.00. The van der Waals surface area contributed by atoms with Gasteiger partial charge in [-0.3, -0.25) is 4.79 Å². The lowest BCUT2D eigenvalue weighted by atomic mass is 9.33. The number of carboxylic acids is 1. The van der Waals surface area contributed by atoms with Crippen molar-refractivity contribution in [3.63, 3.8) is 0 Å². The highest BCUT2D eigenvalue weighted by Gasteiger charge is 2.43. The van der Waals surface area contributed by atoms with E-state index >= 15 is 0 Å². The van der Waals surface area contributed by atoms with Gasteiger partial charge in [-0.2, -0.15) is 0 Å². The van der Waals surface area contributed by atoms with E-state index in [2.05, 4.69) is 161 Å². The Bertz CT molecular complexity index is 2100. The van der Waals surface area contributed by atoms with Crippen LogP contribution in [0.5, 0.6) is 0 Å². The molecule has 5 aromatic rings. The first-order valence-corrected chi connectivity index (χ1v) is 19.7. The number of hydrogen-bond acceptors (Lipinski definition) is 3. The van der Waals surface area contributed by atoms with E-state index in [-0.39, 0.29) is 24.0 Å². The van der Waals surface area contributed by atoms with Gasteiger partial charge in [-0.05, 0) is 124 Å². The molecule has 7 rings (SSSR count). The summed E-state index contributed by atoms with van der Waals surface area (Å²) in [5.41, 5.74) is 16.9. The van der Waals surface area contributed by atoms with E-state index in [4.69, 9.17) is 5.11 Å². The molecule has 0 spiro atoms. The lowest BCUT2D eigenvalue weighted by Crippen LogP contribution is -2.61. The van der Waals surface area contributed by atoms with E-state index in [1.165, 1.54) is 72.8 Å². The first-order chi connectivity index (χ1) is 25.3. The number of benzene rings is 5. The minimum Gasteiger partial charge on any atom is -0.481 e. The molecule has 0 aromatic heterocycles. The number of anilines is 6. The molecule has 1 N–H and O–H groups in total. The summed E-state index contributed by atoms with van der Waals surface area (Å²) in [6.07, 6.45) is 7.50. The molecule has 0 fully saturated rings. The van der Waals surface area contributed by atoms with E-state index in [1.807, 2.05) is 0 Å². The lowest BCUT2D eigenvalue weighted by molar-refractivity contribution is -0.137. The zero-order valence-electron chi connectivity index (χ0n) is 32.8. The van der Waals surface area contributed by atoms with Crippen molar-refractivity contribution in [3.05, 3.63) is 125 Å². The van der Waals surface area contributed by atoms with Crippen LogP contribution in [0.25, 0.3) is 0 Å². The summed E-state index contributed by atoms with van der Waals surface area (Å²) in [7, 11) is 0. The minimum absolute atomic E-state index is 0.0715. The Labute approximate surface area is 318 Å². The summed E-state index contributed by atoms with van der Waals surface area (Å²) in [6.45, 7) is 16.0. The Balaban J connectivity index is 1.37. The van der Waals surface area contributed by atoms with E-state index in [9.17, 15) is 4.79 Å². The fourth-order valence-corrected chi connectivity index (χ4v) is 8.34. The van der Waals surface area contributed by atoms with Crippen molar-refractivity contribution in [1.29, 1.82) is 0 Å². The Morgan fingerprint density at radius 2 is 1.09 bits per heavy atom. The van der Waals surface area contributed by atoms with Crippen LogP contribution in [-0.4, -0.2) is 17.8 Å². The average Bonchev–Trinajstić information content (AvgIpc) is 3.11. The van der Waals surface area contributed by atoms with Crippen molar-refractivity contribution >= 4 is 63.2 Å². The van der Waals surface area contributed by atoms with Crippen LogP contribution < -0.4 is 26.2 Å². The highest BCUT2D eigenvalue weighted by atomic mass is 16.4. The molecule has 0 amide bonds. The number of carboxylic acid groups (broad SMARTS) is 1. The fraction of sp³-hybridized carbons (Fsp3) is 0.354. The fourth-order valence-electron chi connectivity index (χ4n) is 8.34. The molecule has 0 aliphatic carbocycles. The normalized spacial score (nSPS) is 13.5. The van der Waals surface area contributed by atoms with Gasteiger partial charge in [0.15, 0.2) is 0 Å². The second-order valence-electron chi connectivity index (χ2n) is 17.4. The lowest BCUT2D eigenvalue weighted by Gasteiger charge is -2.44. The van der Waals surface area contributed by atoms with Gasteiger partial charge in [-0.25, -0.2) is 0 Å². The van der Waals surface area contributed by atoms with Gasteiger partial charge in [-0.1, -0.05) is 122 Å². The third kappa shape index (κ3) is 7.41. The van der Waals surface area contributed by atoms with E-state index in [0.29, 0.717) is 0 Å². The van der Waals surface area contributed by atoms with Gasteiger partial charge >= 0.3 is 5.97 Å². The van der Waals surface area contributed by atoms with Crippen LogP contribution in [0.3, 0.4) is 0 Å². The standard InChI is InChI=1S/C48H55BN2O2/c1-33-20-29-40-42(30-33)51(38-27-23-36(24-28-38)48(5,6)7)44-32-34(16-12-10-8-9-11-13-19-45(52)53)31-43-46(44)49(40)39-17-14-15-18-41(39)50(43)37-25-21-35(22-26-37)47(2,3)4/h14-15,17-18,20-32H,8-13,16,19H2,1-7H3,(H,52,53). The molecular formula is C48H55BN2O2. The van der Waals surface area contributed by atoms with Gasteiger partial charge in [-0.15, -0.1) is 0 Å². The number of aryl methyl sites for hydroxylation is 2. The molecule has 5 heteroatoms. The van der Waals surface area contributed by atoms with Crippen molar-refractivity contribution in [2.75, 3.05) is 9.80 Å². The molecule has 5 aromatic carbocycles.